The summed E-state index contributed by atoms with van der Waals surface area (Å²) in [5.74, 6) is -0.220. The van der Waals surface area contributed by atoms with E-state index in [0.29, 0.717) is 21.7 Å². The molecule has 0 atom stereocenters. The van der Waals surface area contributed by atoms with E-state index in [2.05, 4.69) is 26.2 Å². The van der Waals surface area contributed by atoms with Gasteiger partial charge in [-0.15, -0.1) is 0 Å². The molecule has 0 radical (unpaired) electrons. The molecular formula is C13H10BrClN2O. The first-order chi connectivity index (χ1) is 8.66. The van der Waals surface area contributed by atoms with E-state index in [1.165, 1.54) is 0 Å². The molecule has 0 aliphatic carbocycles. The second-order valence-corrected chi connectivity index (χ2v) is 4.94. The van der Waals surface area contributed by atoms with Gasteiger partial charge in [0.2, 0.25) is 0 Å². The average Bonchev–Trinajstić information content (AvgIpc) is 2.37. The molecule has 0 bridgehead atoms. The van der Waals surface area contributed by atoms with Crippen LogP contribution in [0.4, 0.5) is 0 Å². The maximum Gasteiger partial charge on any atom is 0.271 e. The highest BCUT2D eigenvalue weighted by molar-refractivity contribution is 9.10. The maximum absolute atomic E-state index is 11.9. The topological polar surface area (TPSA) is 42.0 Å². The number of nitrogens with one attached hydrogen (secondary N) is 1. The molecule has 0 aliphatic heterocycles. The predicted molar refractivity (Wildman–Crippen MR) is 74.6 cm³/mol. The van der Waals surface area contributed by atoms with Crippen LogP contribution in [0.25, 0.3) is 0 Å². The van der Waals surface area contributed by atoms with Crippen LogP contribution in [-0.2, 0) is 6.54 Å². The van der Waals surface area contributed by atoms with Crippen LogP contribution in [0.2, 0.25) is 5.02 Å². The Morgan fingerprint density at radius 2 is 2.17 bits per heavy atom. The van der Waals surface area contributed by atoms with Gasteiger partial charge in [0.1, 0.15) is 5.69 Å². The molecule has 92 valence electrons. The molecule has 1 amide bonds. The zero-order valence-corrected chi connectivity index (χ0v) is 11.7. The summed E-state index contributed by atoms with van der Waals surface area (Å²) >= 11 is 9.16. The number of carbonyl (C=O) groups is 1. The molecule has 1 aromatic heterocycles. The van der Waals surface area contributed by atoms with Crippen LogP contribution in [0.5, 0.6) is 0 Å². The van der Waals surface area contributed by atoms with Gasteiger partial charge in [0, 0.05) is 22.2 Å². The number of rotatable bonds is 3. The first-order valence-corrected chi connectivity index (χ1v) is 6.47. The van der Waals surface area contributed by atoms with E-state index in [4.69, 9.17) is 11.6 Å². The molecule has 5 heteroatoms. The summed E-state index contributed by atoms with van der Waals surface area (Å²) in [6, 6.07) is 10.9. The van der Waals surface area contributed by atoms with Gasteiger partial charge >= 0.3 is 0 Å². The SMILES string of the molecule is O=C(NCc1cccc(Cl)c1)c1ncccc1Br. The Kier molecular flexibility index (Phi) is 4.33. The summed E-state index contributed by atoms with van der Waals surface area (Å²) in [6.07, 6.45) is 1.58. The van der Waals surface area contributed by atoms with Gasteiger partial charge in [-0.25, -0.2) is 4.98 Å². The van der Waals surface area contributed by atoms with Crippen molar-refractivity contribution in [2.75, 3.05) is 0 Å². The highest BCUT2D eigenvalue weighted by atomic mass is 79.9. The van der Waals surface area contributed by atoms with Crippen LogP contribution < -0.4 is 5.32 Å². The molecule has 0 aliphatic rings. The maximum atomic E-state index is 11.9. The molecule has 18 heavy (non-hydrogen) atoms. The van der Waals surface area contributed by atoms with E-state index in [0.717, 1.165) is 5.56 Å². The van der Waals surface area contributed by atoms with Crippen LogP contribution in [-0.4, -0.2) is 10.9 Å². The quantitative estimate of drug-likeness (QED) is 0.939. The second-order valence-electron chi connectivity index (χ2n) is 3.65. The van der Waals surface area contributed by atoms with Crippen LogP contribution >= 0.6 is 27.5 Å². The first-order valence-electron chi connectivity index (χ1n) is 5.30. The third kappa shape index (κ3) is 3.31. The third-order valence-electron chi connectivity index (χ3n) is 2.32. The van der Waals surface area contributed by atoms with Gasteiger partial charge in [-0.2, -0.15) is 0 Å². The van der Waals surface area contributed by atoms with Crippen molar-refractivity contribution in [2.45, 2.75) is 6.54 Å². The fourth-order valence-electron chi connectivity index (χ4n) is 1.47. The zero-order valence-electron chi connectivity index (χ0n) is 9.36. The zero-order chi connectivity index (χ0) is 13.0. The van der Waals surface area contributed by atoms with Crippen molar-refractivity contribution in [1.29, 1.82) is 0 Å². The number of hydrogen-bond donors (Lipinski definition) is 1. The lowest BCUT2D eigenvalue weighted by Crippen LogP contribution is -2.24. The fourth-order valence-corrected chi connectivity index (χ4v) is 2.11. The molecule has 0 fully saturated rings. The number of aromatic nitrogens is 1. The highest BCUT2D eigenvalue weighted by Gasteiger charge is 2.10. The van der Waals surface area contributed by atoms with E-state index >= 15 is 0 Å². The molecule has 0 spiro atoms. The number of carbonyl (C=O) groups excluding carboxylic acids is 1. The monoisotopic (exact) mass is 324 g/mol. The molecule has 3 nitrogen and oxygen atoms in total. The third-order valence-corrected chi connectivity index (χ3v) is 3.19. The number of pyridine rings is 1. The summed E-state index contributed by atoms with van der Waals surface area (Å²) in [5.41, 5.74) is 1.32. The highest BCUT2D eigenvalue weighted by Crippen LogP contribution is 2.14. The Balaban J connectivity index is 2.03. The van der Waals surface area contributed by atoms with Crippen molar-refractivity contribution in [3.8, 4) is 0 Å². The van der Waals surface area contributed by atoms with Crippen LogP contribution in [0.3, 0.4) is 0 Å². The summed E-state index contributed by atoms with van der Waals surface area (Å²) in [6.45, 7) is 0.419. The standard InChI is InChI=1S/C13H10BrClN2O/c14-11-5-2-6-16-12(11)13(18)17-8-9-3-1-4-10(15)7-9/h1-7H,8H2,(H,17,18). The van der Waals surface area contributed by atoms with Gasteiger partial charge in [0.05, 0.1) is 0 Å². The predicted octanol–water partition coefficient (Wildman–Crippen LogP) is 3.43. The van der Waals surface area contributed by atoms with E-state index in [-0.39, 0.29) is 5.91 Å². The number of halogens is 2. The molecule has 0 saturated carbocycles. The summed E-state index contributed by atoms with van der Waals surface area (Å²) in [7, 11) is 0. The van der Waals surface area contributed by atoms with Crippen molar-refractivity contribution in [3.05, 3.63) is 63.3 Å². The van der Waals surface area contributed by atoms with Crippen molar-refractivity contribution < 1.29 is 4.79 Å². The van der Waals surface area contributed by atoms with Crippen molar-refractivity contribution in [2.24, 2.45) is 0 Å². The molecule has 1 aromatic carbocycles. The van der Waals surface area contributed by atoms with Gasteiger partial charge in [-0.3, -0.25) is 4.79 Å². The number of amides is 1. The smallest absolute Gasteiger partial charge is 0.271 e. The normalized spacial score (nSPS) is 10.1. The van der Waals surface area contributed by atoms with Gasteiger partial charge in [-0.05, 0) is 45.8 Å². The van der Waals surface area contributed by atoms with Gasteiger partial charge in [0.15, 0.2) is 0 Å². The van der Waals surface area contributed by atoms with Gasteiger partial charge in [-0.1, -0.05) is 23.7 Å². The van der Waals surface area contributed by atoms with Gasteiger partial charge < -0.3 is 5.32 Å². The summed E-state index contributed by atoms with van der Waals surface area (Å²) in [5, 5.41) is 3.45. The van der Waals surface area contributed by atoms with E-state index < -0.39 is 0 Å². The van der Waals surface area contributed by atoms with Gasteiger partial charge in [0.25, 0.3) is 5.91 Å². The molecule has 1 heterocycles. The minimum absolute atomic E-state index is 0.220. The Hall–Kier alpha value is -1.39. The molecule has 2 aromatic rings. The van der Waals surface area contributed by atoms with Crippen molar-refractivity contribution in [3.63, 3.8) is 0 Å². The van der Waals surface area contributed by atoms with Crippen molar-refractivity contribution in [1.82, 2.24) is 10.3 Å². The van der Waals surface area contributed by atoms with Crippen LogP contribution in [0.1, 0.15) is 16.1 Å². The Labute approximate surface area is 118 Å². The Morgan fingerprint density at radius 3 is 2.89 bits per heavy atom. The summed E-state index contributed by atoms with van der Waals surface area (Å²) < 4.78 is 0.675. The van der Waals surface area contributed by atoms with E-state index in [9.17, 15) is 4.79 Å². The number of nitrogens with zero attached hydrogens (tertiary/aromatic N) is 1. The van der Waals surface area contributed by atoms with Crippen LogP contribution in [0.15, 0.2) is 47.1 Å². The molecule has 1 N–H and O–H groups in total. The molecule has 2 rings (SSSR count). The minimum Gasteiger partial charge on any atom is -0.347 e. The lowest BCUT2D eigenvalue weighted by atomic mass is 10.2. The van der Waals surface area contributed by atoms with Crippen molar-refractivity contribution >= 4 is 33.4 Å². The molecule has 0 saturated heterocycles. The second kappa shape index (κ2) is 5.98. The lowest BCUT2D eigenvalue weighted by molar-refractivity contribution is 0.0945. The van der Waals surface area contributed by atoms with E-state index in [1.54, 1.807) is 24.4 Å². The molecule has 0 unspecified atom stereocenters. The Morgan fingerprint density at radius 1 is 1.33 bits per heavy atom. The largest absolute Gasteiger partial charge is 0.347 e. The summed E-state index contributed by atoms with van der Waals surface area (Å²) in [4.78, 5) is 15.9. The first kappa shape index (κ1) is 13.1. The number of benzene rings is 1. The fraction of sp³-hybridized carbons (Fsp3) is 0.0769. The van der Waals surface area contributed by atoms with E-state index in [1.807, 2.05) is 18.2 Å². The Bertz CT molecular complexity index is 574. The average molecular weight is 326 g/mol. The number of hydrogen-bond acceptors (Lipinski definition) is 2. The molecular weight excluding hydrogens is 316 g/mol. The van der Waals surface area contributed by atoms with Crippen LogP contribution in [0, 0.1) is 0 Å². The lowest BCUT2D eigenvalue weighted by Gasteiger charge is -2.06. The minimum atomic E-state index is -0.220.